The molecule has 0 spiro atoms. The normalized spacial score (nSPS) is 12.2. The molecule has 1 unspecified atom stereocenters. The van der Waals surface area contributed by atoms with Crippen LogP contribution in [0.15, 0.2) is 46.9 Å². The van der Waals surface area contributed by atoms with Crippen molar-refractivity contribution < 1.29 is 0 Å². The number of anilines is 1. The van der Waals surface area contributed by atoms with Crippen molar-refractivity contribution in [1.29, 1.82) is 0 Å². The van der Waals surface area contributed by atoms with Gasteiger partial charge in [-0.25, -0.2) is 0 Å². The maximum Gasteiger partial charge on any atom is 0.0648 e. The van der Waals surface area contributed by atoms with Crippen molar-refractivity contribution >= 4 is 44.8 Å². The summed E-state index contributed by atoms with van der Waals surface area (Å²) < 4.78 is 0.962. The van der Waals surface area contributed by atoms with Gasteiger partial charge in [-0.1, -0.05) is 57.3 Å². The van der Waals surface area contributed by atoms with E-state index in [2.05, 4.69) is 28.2 Å². The fraction of sp³-hybridized carbons (Fsp3) is 0.143. The molecule has 0 amide bonds. The number of nitrogens with one attached hydrogen (secondary N) is 1. The van der Waals surface area contributed by atoms with Crippen molar-refractivity contribution in [2.24, 2.45) is 0 Å². The highest BCUT2D eigenvalue weighted by molar-refractivity contribution is 9.10. The minimum absolute atomic E-state index is 0.0948. The second-order valence-corrected chi connectivity index (χ2v) is 5.74. The van der Waals surface area contributed by atoms with Crippen LogP contribution in [0.4, 0.5) is 5.69 Å². The molecule has 0 aliphatic rings. The molecule has 0 radical (unpaired) electrons. The van der Waals surface area contributed by atoms with Crippen molar-refractivity contribution in [1.82, 2.24) is 0 Å². The lowest BCUT2D eigenvalue weighted by atomic mass is 10.1. The predicted octanol–water partition coefficient (Wildman–Crippen LogP) is 5.93. The van der Waals surface area contributed by atoms with Crippen LogP contribution >= 0.6 is 39.1 Å². The predicted molar refractivity (Wildman–Crippen MR) is 82.6 cm³/mol. The van der Waals surface area contributed by atoms with Crippen molar-refractivity contribution in [3.05, 3.63) is 62.5 Å². The second kappa shape index (κ2) is 5.96. The van der Waals surface area contributed by atoms with Gasteiger partial charge in [-0.2, -0.15) is 0 Å². The second-order valence-electron chi connectivity index (χ2n) is 4.01. The fourth-order valence-electron chi connectivity index (χ4n) is 1.74. The zero-order chi connectivity index (χ0) is 13.1. The summed E-state index contributed by atoms with van der Waals surface area (Å²) in [5.74, 6) is 0. The fourth-order valence-corrected chi connectivity index (χ4v) is 2.77. The van der Waals surface area contributed by atoms with Gasteiger partial charge in [0.15, 0.2) is 0 Å². The van der Waals surface area contributed by atoms with E-state index in [-0.39, 0.29) is 6.04 Å². The summed E-state index contributed by atoms with van der Waals surface area (Å²) in [6, 6.07) is 13.6. The molecule has 2 aromatic rings. The Balaban J connectivity index is 2.21. The van der Waals surface area contributed by atoms with E-state index < -0.39 is 0 Å². The van der Waals surface area contributed by atoms with Gasteiger partial charge in [-0.05, 0) is 36.8 Å². The molecule has 1 atom stereocenters. The Morgan fingerprint density at radius 1 is 1.06 bits per heavy atom. The van der Waals surface area contributed by atoms with Crippen LogP contribution in [-0.2, 0) is 0 Å². The average molecular weight is 345 g/mol. The summed E-state index contributed by atoms with van der Waals surface area (Å²) in [4.78, 5) is 0. The van der Waals surface area contributed by atoms with E-state index in [1.807, 2.05) is 42.5 Å². The zero-order valence-electron chi connectivity index (χ0n) is 9.75. The number of hydrogen-bond acceptors (Lipinski definition) is 1. The molecule has 0 aromatic heterocycles. The minimum atomic E-state index is 0.0948. The van der Waals surface area contributed by atoms with Crippen molar-refractivity contribution in [3.63, 3.8) is 0 Å². The number of hydrogen-bond donors (Lipinski definition) is 1. The summed E-state index contributed by atoms with van der Waals surface area (Å²) in [5, 5.41) is 4.80. The van der Waals surface area contributed by atoms with Gasteiger partial charge in [0.05, 0.1) is 16.8 Å². The largest absolute Gasteiger partial charge is 0.377 e. The summed E-state index contributed by atoms with van der Waals surface area (Å²) in [7, 11) is 0. The molecule has 18 heavy (non-hydrogen) atoms. The Bertz CT molecular complexity index is 557. The molecular weight excluding hydrogens is 333 g/mol. The summed E-state index contributed by atoms with van der Waals surface area (Å²) in [5.41, 5.74) is 1.95. The van der Waals surface area contributed by atoms with Crippen LogP contribution in [-0.4, -0.2) is 0 Å². The monoisotopic (exact) mass is 343 g/mol. The molecule has 1 N–H and O–H groups in total. The number of rotatable bonds is 3. The molecule has 0 aliphatic carbocycles. The molecule has 0 aliphatic heterocycles. The van der Waals surface area contributed by atoms with E-state index in [1.54, 1.807) is 0 Å². The summed E-state index contributed by atoms with van der Waals surface area (Å²) in [6.45, 7) is 2.06. The van der Waals surface area contributed by atoms with Gasteiger partial charge < -0.3 is 5.32 Å². The Morgan fingerprint density at radius 2 is 1.78 bits per heavy atom. The lowest BCUT2D eigenvalue weighted by Crippen LogP contribution is -2.07. The zero-order valence-corrected chi connectivity index (χ0v) is 12.9. The molecule has 0 saturated heterocycles. The van der Waals surface area contributed by atoms with Gasteiger partial charge >= 0.3 is 0 Å². The van der Waals surface area contributed by atoms with Gasteiger partial charge in [-0.15, -0.1) is 0 Å². The first-order valence-corrected chi connectivity index (χ1v) is 7.09. The van der Waals surface area contributed by atoms with Crippen LogP contribution in [0.2, 0.25) is 10.0 Å². The number of halogens is 3. The SMILES string of the molecule is CC(Nc1ccc(Br)cc1Cl)c1ccccc1Cl. The van der Waals surface area contributed by atoms with Crippen LogP contribution in [0, 0.1) is 0 Å². The highest BCUT2D eigenvalue weighted by Gasteiger charge is 2.10. The lowest BCUT2D eigenvalue weighted by Gasteiger charge is -2.18. The maximum atomic E-state index is 6.18. The molecule has 2 aromatic carbocycles. The topological polar surface area (TPSA) is 12.0 Å². The minimum Gasteiger partial charge on any atom is -0.377 e. The third-order valence-corrected chi connectivity index (χ3v) is 3.83. The van der Waals surface area contributed by atoms with E-state index >= 15 is 0 Å². The highest BCUT2D eigenvalue weighted by atomic mass is 79.9. The van der Waals surface area contributed by atoms with Crippen molar-refractivity contribution in [3.8, 4) is 0 Å². The molecule has 0 fully saturated rings. The van der Waals surface area contributed by atoms with Crippen LogP contribution in [0.25, 0.3) is 0 Å². The third-order valence-electron chi connectivity index (χ3n) is 2.67. The molecule has 0 saturated carbocycles. The van der Waals surface area contributed by atoms with Crippen LogP contribution in [0.1, 0.15) is 18.5 Å². The van der Waals surface area contributed by atoms with Gasteiger partial charge in [0.2, 0.25) is 0 Å². The first-order valence-electron chi connectivity index (χ1n) is 5.54. The van der Waals surface area contributed by atoms with E-state index in [0.29, 0.717) is 5.02 Å². The molecule has 0 heterocycles. The van der Waals surface area contributed by atoms with Crippen molar-refractivity contribution in [2.75, 3.05) is 5.32 Å². The van der Waals surface area contributed by atoms with Gasteiger partial charge in [0.25, 0.3) is 0 Å². The quantitative estimate of drug-likeness (QED) is 0.727. The van der Waals surface area contributed by atoms with Gasteiger partial charge in [0, 0.05) is 9.50 Å². The molecule has 4 heteroatoms. The summed E-state index contributed by atoms with van der Waals surface area (Å²) in [6.07, 6.45) is 0. The maximum absolute atomic E-state index is 6.18. The van der Waals surface area contributed by atoms with Gasteiger partial charge in [-0.3, -0.25) is 0 Å². The van der Waals surface area contributed by atoms with E-state index in [9.17, 15) is 0 Å². The smallest absolute Gasteiger partial charge is 0.0648 e. The number of benzene rings is 2. The molecular formula is C14H12BrCl2N. The molecule has 2 rings (SSSR count). The Labute approximate surface area is 125 Å². The Kier molecular flexibility index (Phi) is 4.55. The standard InChI is InChI=1S/C14H12BrCl2N/c1-9(11-4-2-3-5-12(11)16)18-14-7-6-10(15)8-13(14)17/h2-9,18H,1H3. The van der Waals surface area contributed by atoms with Crippen LogP contribution < -0.4 is 5.32 Å². The highest BCUT2D eigenvalue weighted by Crippen LogP contribution is 2.30. The van der Waals surface area contributed by atoms with E-state index in [0.717, 1.165) is 20.7 Å². The Hall–Kier alpha value is -0.700. The van der Waals surface area contributed by atoms with Crippen molar-refractivity contribution in [2.45, 2.75) is 13.0 Å². The average Bonchev–Trinajstić information content (AvgIpc) is 2.33. The van der Waals surface area contributed by atoms with E-state index in [4.69, 9.17) is 23.2 Å². The van der Waals surface area contributed by atoms with Crippen LogP contribution in [0.3, 0.4) is 0 Å². The first-order chi connectivity index (χ1) is 8.58. The van der Waals surface area contributed by atoms with Gasteiger partial charge in [0.1, 0.15) is 0 Å². The third kappa shape index (κ3) is 3.19. The first kappa shape index (κ1) is 13.7. The van der Waals surface area contributed by atoms with E-state index in [1.165, 1.54) is 0 Å². The lowest BCUT2D eigenvalue weighted by molar-refractivity contribution is 0.885. The molecule has 0 bridgehead atoms. The summed E-state index contributed by atoms with van der Waals surface area (Å²) >= 11 is 15.7. The Morgan fingerprint density at radius 3 is 2.44 bits per heavy atom. The molecule has 94 valence electrons. The molecule has 1 nitrogen and oxygen atoms in total. The van der Waals surface area contributed by atoms with Crippen LogP contribution in [0.5, 0.6) is 0 Å².